The van der Waals surface area contributed by atoms with Gasteiger partial charge >= 0.3 is 0 Å². The number of piperazine rings is 1. The van der Waals surface area contributed by atoms with Gasteiger partial charge in [0, 0.05) is 32.2 Å². The molecule has 2 N–H and O–H groups in total. The van der Waals surface area contributed by atoms with Gasteiger partial charge in [0.2, 0.25) is 0 Å². The maximum absolute atomic E-state index is 12.2. The average Bonchev–Trinajstić information content (AvgIpc) is 2.39. The highest BCUT2D eigenvalue weighted by molar-refractivity contribution is 5.97. The van der Waals surface area contributed by atoms with Crippen LogP contribution >= 0.6 is 0 Å². The summed E-state index contributed by atoms with van der Waals surface area (Å²) in [4.78, 5) is 15.8. The fourth-order valence-corrected chi connectivity index (χ4v) is 2.08. The van der Waals surface area contributed by atoms with Gasteiger partial charge in [-0.05, 0) is 12.1 Å². The van der Waals surface area contributed by atoms with Crippen LogP contribution in [0.4, 0.5) is 0 Å². The van der Waals surface area contributed by atoms with E-state index in [2.05, 4.69) is 6.07 Å². The van der Waals surface area contributed by atoms with Crippen molar-refractivity contribution >= 4 is 5.91 Å². The molecule has 0 aromatic heterocycles. The van der Waals surface area contributed by atoms with Crippen molar-refractivity contribution in [1.82, 2.24) is 9.80 Å². The van der Waals surface area contributed by atoms with E-state index < -0.39 is 0 Å². The third kappa shape index (κ3) is 2.95. The van der Waals surface area contributed by atoms with Gasteiger partial charge in [-0.2, -0.15) is 5.26 Å². The van der Waals surface area contributed by atoms with Crippen molar-refractivity contribution in [3.05, 3.63) is 23.8 Å². The van der Waals surface area contributed by atoms with Crippen molar-refractivity contribution in [1.29, 1.82) is 5.26 Å². The Bertz CT molecular complexity index is 516. The summed E-state index contributed by atoms with van der Waals surface area (Å²) in [7, 11) is 0. The normalized spacial score (nSPS) is 16.1. The van der Waals surface area contributed by atoms with Crippen molar-refractivity contribution in [2.45, 2.75) is 0 Å². The van der Waals surface area contributed by atoms with Gasteiger partial charge in [0.05, 0.1) is 18.2 Å². The number of rotatable bonds is 2. The van der Waals surface area contributed by atoms with Gasteiger partial charge in [-0.25, -0.2) is 0 Å². The summed E-state index contributed by atoms with van der Waals surface area (Å²) in [6.45, 7) is 2.73. The van der Waals surface area contributed by atoms with E-state index in [-0.39, 0.29) is 23.0 Å². The predicted molar refractivity (Wildman–Crippen MR) is 67.7 cm³/mol. The number of benzene rings is 1. The SMILES string of the molecule is N#CCN1CCN(C(=O)c2ccc(O)cc2O)CC1. The van der Waals surface area contributed by atoms with E-state index in [1.54, 1.807) is 4.90 Å². The number of nitriles is 1. The zero-order chi connectivity index (χ0) is 13.8. The smallest absolute Gasteiger partial charge is 0.257 e. The highest BCUT2D eigenvalue weighted by Gasteiger charge is 2.23. The second-order valence-electron chi connectivity index (χ2n) is 4.43. The van der Waals surface area contributed by atoms with E-state index >= 15 is 0 Å². The lowest BCUT2D eigenvalue weighted by Crippen LogP contribution is -2.48. The number of hydrogen-bond donors (Lipinski definition) is 2. The molecule has 1 heterocycles. The lowest BCUT2D eigenvalue weighted by atomic mass is 10.1. The highest BCUT2D eigenvalue weighted by Crippen LogP contribution is 2.24. The maximum Gasteiger partial charge on any atom is 0.257 e. The molecule has 0 radical (unpaired) electrons. The van der Waals surface area contributed by atoms with E-state index in [0.29, 0.717) is 32.7 Å². The Balaban J connectivity index is 2.03. The first-order valence-corrected chi connectivity index (χ1v) is 6.02. The molecule has 1 amide bonds. The summed E-state index contributed by atoms with van der Waals surface area (Å²) in [6, 6.07) is 6.02. The Hall–Kier alpha value is -2.26. The van der Waals surface area contributed by atoms with Gasteiger partial charge in [0.25, 0.3) is 5.91 Å². The van der Waals surface area contributed by atoms with Gasteiger partial charge in [-0.1, -0.05) is 0 Å². The van der Waals surface area contributed by atoms with E-state index in [4.69, 9.17) is 5.26 Å². The van der Waals surface area contributed by atoms with Crippen molar-refractivity contribution in [3.8, 4) is 17.6 Å². The highest BCUT2D eigenvalue weighted by atomic mass is 16.3. The predicted octanol–water partition coefficient (Wildman–Crippen LogP) is 0.379. The molecule has 0 saturated carbocycles. The largest absolute Gasteiger partial charge is 0.508 e. The van der Waals surface area contributed by atoms with Crippen LogP contribution in [0.15, 0.2) is 18.2 Å². The molecule has 1 fully saturated rings. The number of amides is 1. The minimum Gasteiger partial charge on any atom is -0.508 e. The molecular weight excluding hydrogens is 246 g/mol. The van der Waals surface area contributed by atoms with Crippen LogP contribution in [0.1, 0.15) is 10.4 Å². The standard InChI is InChI=1S/C13H15N3O3/c14-3-4-15-5-7-16(8-6-15)13(19)11-2-1-10(17)9-12(11)18/h1-2,9,17-18H,4-8H2. The number of nitrogens with zero attached hydrogens (tertiary/aromatic N) is 3. The van der Waals surface area contributed by atoms with Crippen LogP contribution in [0.2, 0.25) is 0 Å². The minimum absolute atomic E-state index is 0.0760. The zero-order valence-corrected chi connectivity index (χ0v) is 10.4. The zero-order valence-electron chi connectivity index (χ0n) is 10.4. The monoisotopic (exact) mass is 261 g/mol. The molecule has 100 valence electrons. The van der Waals surface area contributed by atoms with Crippen molar-refractivity contribution in [3.63, 3.8) is 0 Å². The Morgan fingerprint density at radius 1 is 1.26 bits per heavy atom. The fraction of sp³-hybridized carbons (Fsp3) is 0.385. The molecule has 6 nitrogen and oxygen atoms in total. The molecule has 0 bridgehead atoms. The molecule has 1 aromatic rings. The van der Waals surface area contributed by atoms with E-state index in [9.17, 15) is 15.0 Å². The lowest BCUT2D eigenvalue weighted by molar-refractivity contribution is 0.0649. The molecule has 1 aromatic carbocycles. The summed E-state index contributed by atoms with van der Waals surface area (Å²) in [6.07, 6.45) is 0. The minimum atomic E-state index is -0.255. The molecule has 0 spiro atoms. The van der Waals surface area contributed by atoms with Gasteiger partial charge in [-0.15, -0.1) is 0 Å². The summed E-state index contributed by atoms with van der Waals surface area (Å²) in [5.41, 5.74) is 0.187. The number of phenols is 2. The Kier molecular flexibility index (Phi) is 3.88. The van der Waals surface area contributed by atoms with Gasteiger partial charge < -0.3 is 15.1 Å². The quantitative estimate of drug-likeness (QED) is 0.751. The lowest BCUT2D eigenvalue weighted by Gasteiger charge is -2.33. The van der Waals surface area contributed by atoms with Crippen molar-refractivity contribution in [2.75, 3.05) is 32.7 Å². The molecule has 2 rings (SSSR count). The van der Waals surface area contributed by atoms with Crippen LogP contribution in [0.25, 0.3) is 0 Å². The molecule has 0 unspecified atom stereocenters. The van der Waals surface area contributed by atoms with E-state index in [1.807, 2.05) is 4.90 Å². The number of phenolic OH excluding ortho intramolecular Hbond substituents is 2. The average molecular weight is 261 g/mol. The number of hydrogen-bond acceptors (Lipinski definition) is 5. The first-order valence-electron chi connectivity index (χ1n) is 6.02. The Labute approximate surface area is 111 Å². The van der Waals surface area contributed by atoms with Crippen LogP contribution in [0.3, 0.4) is 0 Å². The van der Waals surface area contributed by atoms with E-state index in [0.717, 1.165) is 6.07 Å². The van der Waals surface area contributed by atoms with Crippen LogP contribution < -0.4 is 0 Å². The number of carbonyl (C=O) groups excluding carboxylic acids is 1. The van der Waals surface area contributed by atoms with Gasteiger partial charge in [0.15, 0.2) is 0 Å². The molecule has 0 atom stereocenters. The number of carbonyl (C=O) groups is 1. The number of aromatic hydroxyl groups is 2. The van der Waals surface area contributed by atoms with Crippen LogP contribution in [0, 0.1) is 11.3 Å². The third-order valence-corrected chi connectivity index (χ3v) is 3.17. The van der Waals surface area contributed by atoms with E-state index in [1.165, 1.54) is 12.1 Å². The summed E-state index contributed by atoms with van der Waals surface area (Å²) in [5, 5.41) is 27.5. The molecule has 1 aliphatic heterocycles. The molecular formula is C13H15N3O3. The second-order valence-corrected chi connectivity index (χ2v) is 4.43. The van der Waals surface area contributed by atoms with Crippen LogP contribution in [0.5, 0.6) is 11.5 Å². The fourth-order valence-electron chi connectivity index (χ4n) is 2.08. The molecule has 1 saturated heterocycles. The van der Waals surface area contributed by atoms with Gasteiger partial charge in [-0.3, -0.25) is 9.69 Å². The molecule has 0 aliphatic carbocycles. The van der Waals surface area contributed by atoms with Crippen molar-refractivity contribution in [2.24, 2.45) is 0 Å². The van der Waals surface area contributed by atoms with Crippen molar-refractivity contribution < 1.29 is 15.0 Å². The molecule has 1 aliphatic rings. The Morgan fingerprint density at radius 2 is 1.95 bits per heavy atom. The van der Waals surface area contributed by atoms with Gasteiger partial charge in [0.1, 0.15) is 11.5 Å². The summed E-state index contributed by atoms with van der Waals surface area (Å²) < 4.78 is 0. The van der Waals surface area contributed by atoms with Crippen LogP contribution in [-0.4, -0.2) is 58.6 Å². The molecule has 19 heavy (non-hydrogen) atoms. The Morgan fingerprint density at radius 3 is 2.53 bits per heavy atom. The maximum atomic E-state index is 12.2. The summed E-state index contributed by atoms with van der Waals surface area (Å²) >= 11 is 0. The molecule has 6 heteroatoms. The second kappa shape index (κ2) is 5.59. The third-order valence-electron chi connectivity index (χ3n) is 3.17. The first-order chi connectivity index (χ1) is 9.11. The first kappa shape index (κ1) is 13.2. The summed E-state index contributed by atoms with van der Waals surface area (Å²) in [5.74, 6) is -0.550. The van der Waals surface area contributed by atoms with Crippen LogP contribution in [-0.2, 0) is 0 Å². The topological polar surface area (TPSA) is 87.8 Å².